The van der Waals surface area contributed by atoms with E-state index in [1.165, 1.54) is 7.11 Å². The first-order valence-electron chi connectivity index (χ1n) is 6.75. The molecular formula is C13H21NO5. The van der Waals surface area contributed by atoms with Crippen LogP contribution in [0.2, 0.25) is 0 Å². The topological polar surface area (TPSA) is 84.9 Å². The number of methoxy groups -OCH3 is 1. The molecule has 0 aromatic heterocycles. The minimum absolute atomic E-state index is 0.0552. The van der Waals surface area contributed by atoms with Crippen LogP contribution in [-0.4, -0.2) is 43.0 Å². The van der Waals surface area contributed by atoms with Gasteiger partial charge in [0.1, 0.15) is 0 Å². The van der Waals surface area contributed by atoms with Gasteiger partial charge in [-0.15, -0.1) is 0 Å². The summed E-state index contributed by atoms with van der Waals surface area (Å²) in [5.74, 6) is -1.38. The lowest BCUT2D eigenvalue weighted by Crippen LogP contribution is -2.38. The molecule has 1 aliphatic carbocycles. The summed E-state index contributed by atoms with van der Waals surface area (Å²) in [6.07, 6.45) is 3.97. The van der Waals surface area contributed by atoms with E-state index in [0.717, 1.165) is 32.1 Å². The van der Waals surface area contributed by atoms with Crippen LogP contribution in [-0.2, 0) is 14.3 Å². The number of alkyl carbamates (subject to hydrolysis) is 1. The average molecular weight is 271 g/mol. The highest BCUT2D eigenvalue weighted by Gasteiger charge is 2.48. The van der Waals surface area contributed by atoms with Crippen molar-refractivity contribution >= 4 is 12.1 Å². The van der Waals surface area contributed by atoms with E-state index in [0.29, 0.717) is 6.61 Å². The lowest BCUT2D eigenvalue weighted by Gasteiger charge is -2.25. The summed E-state index contributed by atoms with van der Waals surface area (Å²) in [4.78, 5) is 22.5. The molecule has 0 radical (unpaired) electrons. The Balaban J connectivity index is 1.96. The molecule has 0 aromatic rings. The van der Waals surface area contributed by atoms with E-state index >= 15 is 0 Å². The Morgan fingerprint density at radius 2 is 2.26 bits per heavy atom. The fraction of sp³-hybridized carbons (Fsp3) is 0.846. The van der Waals surface area contributed by atoms with Gasteiger partial charge in [0.05, 0.1) is 18.6 Å². The summed E-state index contributed by atoms with van der Waals surface area (Å²) < 4.78 is 10.3. The zero-order chi connectivity index (χ0) is 13.9. The van der Waals surface area contributed by atoms with Crippen molar-refractivity contribution in [2.24, 2.45) is 11.8 Å². The van der Waals surface area contributed by atoms with Crippen LogP contribution in [0.15, 0.2) is 0 Å². The van der Waals surface area contributed by atoms with E-state index < -0.39 is 18.0 Å². The highest BCUT2D eigenvalue weighted by atomic mass is 16.5. The van der Waals surface area contributed by atoms with Crippen molar-refractivity contribution in [2.75, 3.05) is 20.3 Å². The third-order valence-corrected chi connectivity index (χ3v) is 4.11. The van der Waals surface area contributed by atoms with E-state index in [1.54, 1.807) is 0 Å². The Bertz CT molecular complexity index is 353. The fourth-order valence-electron chi connectivity index (χ4n) is 2.83. The standard InChI is InChI=1S/C13H21NO5/c1-18-12(17)14-8-10(11(15)16)9-3-2-6-19-13(7-9)4-5-13/h9-10H,2-8H2,1H3,(H,14,17)(H,15,16). The number of carbonyl (C=O) groups is 2. The van der Waals surface area contributed by atoms with Crippen molar-refractivity contribution in [2.45, 2.75) is 37.7 Å². The summed E-state index contributed by atoms with van der Waals surface area (Å²) in [7, 11) is 1.27. The van der Waals surface area contributed by atoms with Crippen molar-refractivity contribution in [1.29, 1.82) is 0 Å². The number of aliphatic carboxylic acids is 1. The molecule has 2 atom stereocenters. The molecule has 2 rings (SSSR count). The largest absolute Gasteiger partial charge is 0.481 e. The molecule has 1 spiro atoms. The van der Waals surface area contributed by atoms with Gasteiger partial charge in [-0.25, -0.2) is 4.79 Å². The quantitative estimate of drug-likeness (QED) is 0.807. The summed E-state index contributed by atoms with van der Waals surface area (Å²) in [5.41, 5.74) is -0.0693. The van der Waals surface area contributed by atoms with Gasteiger partial charge in [0, 0.05) is 13.2 Å². The molecule has 1 saturated heterocycles. The molecule has 1 heterocycles. The summed E-state index contributed by atoms with van der Waals surface area (Å²) in [5, 5.41) is 11.9. The van der Waals surface area contributed by atoms with Crippen LogP contribution in [0.5, 0.6) is 0 Å². The van der Waals surface area contributed by atoms with Gasteiger partial charge < -0.3 is 19.9 Å². The number of rotatable bonds is 4. The predicted octanol–water partition coefficient (Wildman–Crippen LogP) is 1.39. The minimum Gasteiger partial charge on any atom is -0.481 e. The highest BCUT2D eigenvalue weighted by Crippen LogP contribution is 2.48. The zero-order valence-corrected chi connectivity index (χ0v) is 11.2. The second-order valence-electron chi connectivity index (χ2n) is 5.46. The molecule has 19 heavy (non-hydrogen) atoms. The van der Waals surface area contributed by atoms with E-state index in [9.17, 15) is 14.7 Å². The molecule has 2 fully saturated rings. The number of hydrogen-bond acceptors (Lipinski definition) is 4. The number of amides is 1. The van der Waals surface area contributed by atoms with Gasteiger partial charge in [-0.1, -0.05) is 0 Å². The summed E-state index contributed by atoms with van der Waals surface area (Å²) >= 11 is 0. The summed E-state index contributed by atoms with van der Waals surface area (Å²) in [6.45, 7) is 0.829. The Labute approximate surface area is 112 Å². The molecule has 0 bridgehead atoms. The molecular weight excluding hydrogens is 250 g/mol. The minimum atomic E-state index is -0.862. The number of carbonyl (C=O) groups excluding carboxylic acids is 1. The average Bonchev–Trinajstić information content (AvgIpc) is 3.17. The predicted molar refractivity (Wildman–Crippen MR) is 66.8 cm³/mol. The first-order chi connectivity index (χ1) is 9.06. The molecule has 2 aliphatic rings. The maximum Gasteiger partial charge on any atom is 0.406 e. The molecule has 0 aromatic carbocycles. The van der Waals surface area contributed by atoms with Crippen molar-refractivity contribution < 1.29 is 24.2 Å². The van der Waals surface area contributed by atoms with Crippen molar-refractivity contribution in [3.8, 4) is 0 Å². The first kappa shape index (κ1) is 14.1. The second kappa shape index (κ2) is 5.77. The number of carboxylic acid groups (broad SMARTS) is 1. The molecule has 2 unspecified atom stereocenters. The second-order valence-corrected chi connectivity index (χ2v) is 5.46. The van der Waals surface area contributed by atoms with Crippen LogP contribution >= 0.6 is 0 Å². The molecule has 108 valence electrons. The molecule has 1 saturated carbocycles. The first-order valence-corrected chi connectivity index (χ1v) is 6.75. The highest BCUT2D eigenvalue weighted by molar-refractivity contribution is 5.72. The van der Waals surface area contributed by atoms with Crippen molar-refractivity contribution in [3.05, 3.63) is 0 Å². The Kier molecular flexibility index (Phi) is 4.29. The number of ether oxygens (including phenoxy) is 2. The van der Waals surface area contributed by atoms with Gasteiger partial charge in [-0.3, -0.25) is 4.79 Å². The number of hydrogen-bond donors (Lipinski definition) is 2. The normalized spacial score (nSPS) is 26.3. The molecule has 1 amide bonds. The van der Waals surface area contributed by atoms with E-state index in [1.807, 2.05) is 0 Å². The van der Waals surface area contributed by atoms with Gasteiger partial charge in [0.15, 0.2) is 0 Å². The number of nitrogens with one attached hydrogen (secondary N) is 1. The molecule has 6 heteroatoms. The van der Waals surface area contributed by atoms with Crippen LogP contribution in [0.4, 0.5) is 4.79 Å². The summed E-state index contributed by atoms with van der Waals surface area (Å²) in [6, 6.07) is 0. The van der Waals surface area contributed by atoms with Crippen molar-refractivity contribution in [1.82, 2.24) is 5.32 Å². The Morgan fingerprint density at radius 3 is 2.84 bits per heavy atom. The van der Waals surface area contributed by atoms with Gasteiger partial charge in [0.25, 0.3) is 0 Å². The molecule has 2 N–H and O–H groups in total. The van der Waals surface area contributed by atoms with Gasteiger partial charge >= 0.3 is 12.1 Å². The zero-order valence-electron chi connectivity index (χ0n) is 11.2. The van der Waals surface area contributed by atoms with Crippen LogP contribution in [0.3, 0.4) is 0 Å². The van der Waals surface area contributed by atoms with Gasteiger partial charge in [-0.2, -0.15) is 0 Å². The van der Waals surface area contributed by atoms with Gasteiger partial charge in [-0.05, 0) is 38.0 Å². The smallest absolute Gasteiger partial charge is 0.406 e. The monoisotopic (exact) mass is 271 g/mol. The lowest BCUT2D eigenvalue weighted by atomic mass is 9.84. The van der Waals surface area contributed by atoms with E-state index in [4.69, 9.17) is 4.74 Å². The van der Waals surface area contributed by atoms with Crippen LogP contribution in [0.1, 0.15) is 32.1 Å². The lowest BCUT2D eigenvalue weighted by molar-refractivity contribution is -0.143. The molecule has 6 nitrogen and oxygen atoms in total. The number of carboxylic acids is 1. The third kappa shape index (κ3) is 3.59. The fourth-order valence-corrected chi connectivity index (χ4v) is 2.83. The molecule has 1 aliphatic heterocycles. The SMILES string of the molecule is COC(=O)NCC(C(=O)O)C1CCCOC2(CC2)C1. The Morgan fingerprint density at radius 1 is 1.53 bits per heavy atom. The van der Waals surface area contributed by atoms with Gasteiger partial charge in [0.2, 0.25) is 0 Å². The van der Waals surface area contributed by atoms with Crippen LogP contribution in [0.25, 0.3) is 0 Å². The van der Waals surface area contributed by atoms with E-state index in [2.05, 4.69) is 10.1 Å². The maximum absolute atomic E-state index is 11.4. The third-order valence-electron chi connectivity index (χ3n) is 4.11. The van der Waals surface area contributed by atoms with Crippen molar-refractivity contribution in [3.63, 3.8) is 0 Å². The van der Waals surface area contributed by atoms with Crippen LogP contribution < -0.4 is 5.32 Å². The maximum atomic E-state index is 11.4. The van der Waals surface area contributed by atoms with Crippen LogP contribution in [0, 0.1) is 11.8 Å². The van der Waals surface area contributed by atoms with E-state index in [-0.39, 0.29) is 18.1 Å². The Hall–Kier alpha value is -1.30.